The van der Waals surface area contributed by atoms with Crippen LogP contribution < -0.4 is 10.6 Å². The Hall–Kier alpha value is -1.43. The quantitative estimate of drug-likeness (QED) is 0.852. The average molecular weight is 288 g/mol. The molecule has 1 unspecified atom stereocenters. The first-order chi connectivity index (χ1) is 10.3. The summed E-state index contributed by atoms with van der Waals surface area (Å²) in [4.78, 5) is 16.9. The molecule has 21 heavy (non-hydrogen) atoms. The van der Waals surface area contributed by atoms with Crippen molar-refractivity contribution in [1.29, 1.82) is 0 Å². The lowest BCUT2D eigenvalue weighted by molar-refractivity contribution is -0.117. The zero-order valence-corrected chi connectivity index (χ0v) is 12.4. The van der Waals surface area contributed by atoms with Crippen LogP contribution in [0.4, 0.5) is 5.69 Å². The molecule has 1 aromatic rings. The standard InChI is InChI=1S/C16H24N4O/c21-16(18-14-4-2-1-3-5-14)13-19-8-10-20(11-9-19)15-6-7-17-12-15/h1-5,15,17H,6-13H2,(H,18,21). The van der Waals surface area contributed by atoms with Crippen LogP contribution >= 0.6 is 0 Å². The van der Waals surface area contributed by atoms with Crippen LogP contribution in [0.2, 0.25) is 0 Å². The highest BCUT2D eigenvalue weighted by Crippen LogP contribution is 2.12. The van der Waals surface area contributed by atoms with E-state index in [0.717, 1.165) is 45.0 Å². The van der Waals surface area contributed by atoms with Crippen LogP contribution in [0.25, 0.3) is 0 Å². The first kappa shape index (κ1) is 14.5. The maximum atomic E-state index is 12.0. The molecule has 0 spiro atoms. The Balaban J connectivity index is 1.41. The van der Waals surface area contributed by atoms with Gasteiger partial charge in [0.2, 0.25) is 5.91 Å². The second-order valence-electron chi connectivity index (χ2n) is 5.87. The van der Waals surface area contributed by atoms with Crippen molar-refractivity contribution in [1.82, 2.24) is 15.1 Å². The van der Waals surface area contributed by atoms with E-state index >= 15 is 0 Å². The molecule has 2 saturated heterocycles. The number of carbonyl (C=O) groups is 1. The van der Waals surface area contributed by atoms with E-state index in [-0.39, 0.29) is 5.91 Å². The highest BCUT2D eigenvalue weighted by atomic mass is 16.2. The highest BCUT2D eigenvalue weighted by Gasteiger charge is 2.26. The summed E-state index contributed by atoms with van der Waals surface area (Å²) < 4.78 is 0. The molecule has 2 fully saturated rings. The van der Waals surface area contributed by atoms with Gasteiger partial charge in [0.15, 0.2) is 0 Å². The lowest BCUT2D eigenvalue weighted by Gasteiger charge is -2.37. The summed E-state index contributed by atoms with van der Waals surface area (Å²) in [7, 11) is 0. The van der Waals surface area contributed by atoms with Crippen LogP contribution in [0.15, 0.2) is 30.3 Å². The number of piperazine rings is 1. The summed E-state index contributed by atoms with van der Waals surface area (Å²) in [6.45, 7) is 6.87. The molecule has 3 rings (SSSR count). The fourth-order valence-corrected chi connectivity index (χ4v) is 3.16. The van der Waals surface area contributed by atoms with Gasteiger partial charge in [0.25, 0.3) is 0 Å². The molecular formula is C16H24N4O. The number of hydrogen-bond donors (Lipinski definition) is 2. The van der Waals surface area contributed by atoms with Gasteiger partial charge >= 0.3 is 0 Å². The first-order valence-corrected chi connectivity index (χ1v) is 7.83. The molecular weight excluding hydrogens is 264 g/mol. The molecule has 1 amide bonds. The van der Waals surface area contributed by atoms with Crippen LogP contribution in [-0.2, 0) is 4.79 Å². The van der Waals surface area contributed by atoms with E-state index in [2.05, 4.69) is 20.4 Å². The Morgan fingerprint density at radius 3 is 2.62 bits per heavy atom. The Morgan fingerprint density at radius 1 is 1.19 bits per heavy atom. The largest absolute Gasteiger partial charge is 0.325 e. The molecule has 1 atom stereocenters. The third-order valence-corrected chi connectivity index (χ3v) is 4.38. The van der Waals surface area contributed by atoms with Gasteiger partial charge in [-0.2, -0.15) is 0 Å². The minimum absolute atomic E-state index is 0.0807. The minimum Gasteiger partial charge on any atom is -0.325 e. The number of carbonyl (C=O) groups excluding carboxylic acids is 1. The summed E-state index contributed by atoms with van der Waals surface area (Å²) in [6.07, 6.45) is 1.26. The zero-order valence-electron chi connectivity index (χ0n) is 12.4. The number of nitrogens with one attached hydrogen (secondary N) is 2. The predicted molar refractivity (Wildman–Crippen MR) is 84.4 cm³/mol. The van der Waals surface area contributed by atoms with E-state index in [0.29, 0.717) is 12.6 Å². The van der Waals surface area contributed by atoms with Crippen molar-refractivity contribution < 1.29 is 4.79 Å². The molecule has 114 valence electrons. The van der Waals surface area contributed by atoms with Crippen LogP contribution in [0.5, 0.6) is 0 Å². The Labute approximate surface area is 126 Å². The Kier molecular flexibility index (Phi) is 4.85. The number of para-hydroxylation sites is 1. The average Bonchev–Trinajstić information content (AvgIpc) is 3.03. The monoisotopic (exact) mass is 288 g/mol. The summed E-state index contributed by atoms with van der Waals surface area (Å²) in [5.74, 6) is 0.0807. The van der Waals surface area contributed by atoms with Gasteiger partial charge in [-0.3, -0.25) is 14.6 Å². The molecule has 0 aliphatic carbocycles. The molecule has 5 heteroatoms. The van der Waals surface area contributed by atoms with E-state index in [9.17, 15) is 4.79 Å². The van der Waals surface area contributed by atoms with Crippen molar-refractivity contribution in [2.75, 3.05) is 51.1 Å². The van der Waals surface area contributed by atoms with E-state index in [1.54, 1.807) is 0 Å². The third-order valence-electron chi connectivity index (χ3n) is 4.38. The normalized spacial score (nSPS) is 24.1. The molecule has 2 aliphatic rings. The molecule has 0 saturated carbocycles. The van der Waals surface area contributed by atoms with Crippen LogP contribution in [0, 0.1) is 0 Å². The molecule has 2 aliphatic heterocycles. The summed E-state index contributed by atoms with van der Waals surface area (Å²) in [5.41, 5.74) is 0.873. The topological polar surface area (TPSA) is 47.6 Å². The number of nitrogens with zero attached hydrogens (tertiary/aromatic N) is 2. The summed E-state index contributed by atoms with van der Waals surface area (Å²) >= 11 is 0. The van der Waals surface area contributed by atoms with E-state index in [4.69, 9.17) is 0 Å². The van der Waals surface area contributed by atoms with E-state index in [1.807, 2.05) is 30.3 Å². The smallest absolute Gasteiger partial charge is 0.238 e. The fraction of sp³-hybridized carbons (Fsp3) is 0.562. The van der Waals surface area contributed by atoms with Crippen molar-refractivity contribution in [3.8, 4) is 0 Å². The maximum absolute atomic E-state index is 12.0. The van der Waals surface area contributed by atoms with E-state index in [1.165, 1.54) is 6.42 Å². The van der Waals surface area contributed by atoms with Gasteiger partial charge in [0, 0.05) is 44.5 Å². The second-order valence-corrected chi connectivity index (χ2v) is 5.87. The summed E-state index contributed by atoms with van der Waals surface area (Å²) in [5, 5.41) is 6.37. The van der Waals surface area contributed by atoms with Crippen LogP contribution in [-0.4, -0.2) is 67.6 Å². The first-order valence-electron chi connectivity index (χ1n) is 7.83. The highest BCUT2D eigenvalue weighted by molar-refractivity contribution is 5.92. The zero-order chi connectivity index (χ0) is 14.5. The number of anilines is 1. The Morgan fingerprint density at radius 2 is 1.95 bits per heavy atom. The third kappa shape index (κ3) is 4.03. The Bertz CT molecular complexity index is 451. The van der Waals surface area contributed by atoms with Crippen molar-refractivity contribution in [2.24, 2.45) is 0 Å². The molecule has 0 aromatic heterocycles. The summed E-state index contributed by atoms with van der Waals surface area (Å²) in [6, 6.07) is 10.4. The van der Waals surface area contributed by atoms with Crippen molar-refractivity contribution in [3.63, 3.8) is 0 Å². The van der Waals surface area contributed by atoms with Gasteiger partial charge in [-0.1, -0.05) is 18.2 Å². The minimum atomic E-state index is 0.0807. The lowest BCUT2D eigenvalue weighted by atomic mass is 10.2. The number of amides is 1. The predicted octanol–water partition coefficient (Wildman–Crippen LogP) is 0.605. The van der Waals surface area contributed by atoms with Gasteiger partial charge < -0.3 is 10.6 Å². The molecule has 0 radical (unpaired) electrons. The van der Waals surface area contributed by atoms with Crippen molar-refractivity contribution in [2.45, 2.75) is 12.5 Å². The second kappa shape index (κ2) is 7.02. The van der Waals surface area contributed by atoms with Gasteiger partial charge in [-0.05, 0) is 25.1 Å². The molecule has 2 N–H and O–H groups in total. The molecule has 2 heterocycles. The van der Waals surface area contributed by atoms with Crippen LogP contribution in [0.3, 0.4) is 0 Å². The van der Waals surface area contributed by atoms with Gasteiger partial charge in [-0.25, -0.2) is 0 Å². The fourth-order valence-electron chi connectivity index (χ4n) is 3.16. The van der Waals surface area contributed by atoms with E-state index < -0.39 is 0 Å². The van der Waals surface area contributed by atoms with Gasteiger partial charge in [0.1, 0.15) is 0 Å². The van der Waals surface area contributed by atoms with Crippen LogP contribution in [0.1, 0.15) is 6.42 Å². The maximum Gasteiger partial charge on any atom is 0.238 e. The number of rotatable bonds is 4. The van der Waals surface area contributed by atoms with Gasteiger partial charge in [0.05, 0.1) is 6.54 Å². The SMILES string of the molecule is O=C(CN1CCN(C2CCNC2)CC1)Nc1ccccc1. The van der Waals surface area contributed by atoms with Gasteiger partial charge in [-0.15, -0.1) is 0 Å². The van der Waals surface area contributed by atoms with Crippen molar-refractivity contribution >= 4 is 11.6 Å². The van der Waals surface area contributed by atoms with Crippen molar-refractivity contribution in [3.05, 3.63) is 30.3 Å². The lowest BCUT2D eigenvalue weighted by Crippen LogP contribution is -2.52. The number of benzene rings is 1. The molecule has 5 nitrogen and oxygen atoms in total. The molecule has 1 aromatic carbocycles. The number of hydrogen-bond acceptors (Lipinski definition) is 4. The molecule has 0 bridgehead atoms.